The van der Waals surface area contributed by atoms with Gasteiger partial charge in [0, 0.05) is 29.4 Å². The van der Waals surface area contributed by atoms with Crippen LogP contribution in [0.1, 0.15) is 29.8 Å². The summed E-state index contributed by atoms with van der Waals surface area (Å²) in [5, 5.41) is 8.97. The lowest BCUT2D eigenvalue weighted by Crippen LogP contribution is -2.18. The van der Waals surface area contributed by atoms with Crippen LogP contribution in [0.25, 0.3) is 0 Å². The zero-order valence-electron chi connectivity index (χ0n) is 13.0. The molecular formula is C18H19NO3. The molecule has 2 aromatic rings. The molecule has 0 unspecified atom stereocenters. The highest BCUT2D eigenvalue weighted by molar-refractivity contribution is 5.88. The first-order valence-electron chi connectivity index (χ1n) is 7.23. The average molecular weight is 297 g/mol. The average Bonchev–Trinajstić information content (AvgIpc) is 2.82. The molecular weight excluding hydrogens is 278 g/mol. The molecule has 114 valence electrons. The van der Waals surface area contributed by atoms with E-state index < -0.39 is 5.97 Å². The monoisotopic (exact) mass is 297 g/mol. The minimum absolute atomic E-state index is 0.0132. The van der Waals surface area contributed by atoms with Crippen molar-refractivity contribution in [2.45, 2.75) is 19.3 Å². The first kappa shape index (κ1) is 14.4. The van der Waals surface area contributed by atoms with E-state index >= 15 is 0 Å². The molecule has 0 aliphatic carbocycles. The summed E-state index contributed by atoms with van der Waals surface area (Å²) in [5.41, 5.74) is 3.51. The maximum Gasteiger partial charge on any atom is 0.335 e. The van der Waals surface area contributed by atoms with Crippen LogP contribution < -0.4 is 9.64 Å². The van der Waals surface area contributed by atoms with Gasteiger partial charge in [0.05, 0.1) is 12.2 Å². The van der Waals surface area contributed by atoms with Gasteiger partial charge in [0.15, 0.2) is 0 Å². The van der Waals surface area contributed by atoms with E-state index in [0.717, 1.165) is 17.1 Å². The molecule has 3 rings (SSSR count). The summed E-state index contributed by atoms with van der Waals surface area (Å²) >= 11 is 0. The molecule has 1 heterocycles. The zero-order valence-corrected chi connectivity index (χ0v) is 13.0. The number of nitrogens with zero attached hydrogens (tertiary/aromatic N) is 1. The summed E-state index contributed by atoms with van der Waals surface area (Å²) in [6.45, 7) is 5.04. The van der Waals surface area contributed by atoms with Gasteiger partial charge in [0.1, 0.15) is 5.75 Å². The number of benzene rings is 2. The van der Waals surface area contributed by atoms with Crippen molar-refractivity contribution < 1.29 is 14.6 Å². The Kier molecular flexibility index (Phi) is 3.32. The van der Waals surface area contributed by atoms with Gasteiger partial charge in [0.2, 0.25) is 0 Å². The van der Waals surface area contributed by atoms with Crippen LogP contribution in [0.3, 0.4) is 0 Å². The smallest absolute Gasteiger partial charge is 0.335 e. The van der Waals surface area contributed by atoms with Gasteiger partial charge in [0.25, 0.3) is 0 Å². The number of ether oxygens (including phenoxy) is 1. The Morgan fingerprint density at radius 2 is 1.77 bits per heavy atom. The third kappa shape index (κ3) is 2.41. The first-order valence-corrected chi connectivity index (χ1v) is 7.23. The number of carboxylic acids is 1. The number of carbonyl (C=O) groups is 1. The number of carboxylic acid groups (broad SMARTS) is 1. The highest BCUT2D eigenvalue weighted by Crippen LogP contribution is 2.41. The van der Waals surface area contributed by atoms with E-state index in [-0.39, 0.29) is 5.41 Å². The standard InChI is InChI=1S/C18H19NO3/c1-18(2)11-22-16-9-8-14(10-15(16)18)19(3)13-6-4-12(5-7-13)17(20)21/h4-10H,11H2,1-3H3,(H,20,21). The molecule has 4 heteroatoms. The molecule has 0 amide bonds. The second-order valence-electron chi connectivity index (χ2n) is 6.26. The van der Waals surface area contributed by atoms with Crippen molar-refractivity contribution in [1.82, 2.24) is 0 Å². The van der Waals surface area contributed by atoms with Crippen molar-refractivity contribution in [3.05, 3.63) is 53.6 Å². The molecule has 0 fully saturated rings. The Morgan fingerprint density at radius 1 is 1.14 bits per heavy atom. The Hall–Kier alpha value is -2.49. The Bertz CT molecular complexity index is 720. The quantitative estimate of drug-likeness (QED) is 0.935. The number of hydrogen-bond donors (Lipinski definition) is 1. The summed E-state index contributed by atoms with van der Waals surface area (Å²) in [4.78, 5) is 13.0. The van der Waals surface area contributed by atoms with Crippen LogP contribution in [-0.4, -0.2) is 24.7 Å². The molecule has 1 N–H and O–H groups in total. The van der Waals surface area contributed by atoms with Crippen LogP contribution in [0.2, 0.25) is 0 Å². The predicted octanol–water partition coefficient (Wildman–Crippen LogP) is 3.82. The summed E-state index contributed by atoms with van der Waals surface area (Å²) in [5.74, 6) is 0.0361. The lowest BCUT2D eigenvalue weighted by molar-refractivity contribution is 0.0697. The third-order valence-electron chi connectivity index (χ3n) is 4.17. The molecule has 22 heavy (non-hydrogen) atoms. The molecule has 4 nitrogen and oxygen atoms in total. The van der Waals surface area contributed by atoms with Crippen LogP contribution in [0.15, 0.2) is 42.5 Å². The van der Waals surface area contributed by atoms with Gasteiger partial charge in [-0.1, -0.05) is 13.8 Å². The third-order valence-corrected chi connectivity index (χ3v) is 4.17. The van der Waals surface area contributed by atoms with Crippen LogP contribution in [0.4, 0.5) is 11.4 Å². The van der Waals surface area contributed by atoms with Crippen LogP contribution >= 0.6 is 0 Å². The minimum Gasteiger partial charge on any atom is -0.492 e. The first-order chi connectivity index (χ1) is 10.4. The Labute approximate surface area is 130 Å². The molecule has 0 bridgehead atoms. The summed E-state index contributed by atoms with van der Waals surface area (Å²) in [7, 11) is 1.97. The number of aromatic carboxylic acids is 1. The van der Waals surface area contributed by atoms with E-state index in [9.17, 15) is 4.79 Å². The molecule has 0 aromatic heterocycles. The van der Waals surface area contributed by atoms with Crippen LogP contribution in [0, 0.1) is 0 Å². The van der Waals surface area contributed by atoms with Crippen molar-refractivity contribution in [1.29, 1.82) is 0 Å². The molecule has 2 aromatic carbocycles. The van der Waals surface area contributed by atoms with Crippen molar-refractivity contribution in [2.75, 3.05) is 18.6 Å². The van der Waals surface area contributed by atoms with Gasteiger partial charge in [-0.2, -0.15) is 0 Å². The van der Waals surface area contributed by atoms with Gasteiger partial charge in [-0.15, -0.1) is 0 Å². The lowest BCUT2D eigenvalue weighted by Gasteiger charge is -2.22. The largest absolute Gasteiger partial charge is 0.492 e. The Balaban J connectivity index is 1.93. The molecule has 0 saturated heterocycles. The molecule has 0 saturated carbocycles. The summed E-state index contributed by atoms with van der Waals surface area (Å²) in [6.07, 6.45) is 0. The lowest BCUT2D eigenvalue weighted by atomic mass is 9.87. The van der Waals surface area contributed by atoms with Gasteiger partial charge >= 0.3 is 5.97 Å². The normalized spacial score (nSPS) is 15.0. The fraction of sp³-hybridized carbons (Fsp3) is 0.278. The highest BCUT2D eigenvalue weighted by Gasteiger charge is 2.32. The van der Waals surface area contributed by atoms with E-state index in [1.807, 2.05) is 36.2 Å². The summed E-state index contributed by atoms with van der Waals surface area (Å²) in [6, 6.07) is 13.0. The topological polar surface area (TPSA) is 49.8 Å². The molecule has 1 aliphatic rings. The second kappa shape index (κ2) is 5.05. The van der Waals surface area contributed by atoms with E-state index in [1.165, 1.54) is 5.56 Å². The van der Waals surface area contributed by atoms with E-state index in [2.05, 4.69) is 19.9 Å². The maximum atomic E-state index is 10.9. The maximum absolute atomic E-state index is 10.9. The van der Waals surface area contributed by atoms with Crippen molar-refractivity contribution in [3.8, 4) is 5.75 Å². The minimum atomic E-state index is -0.911. The van der Waals surface area contributed by atoms with Crippen LogP contribution in [0.5, 0.6) is 5.75 Å². The summed E-state index contributed by atoms with van der Waals surface area (Å²) < 4.78 is 5.71. The molecule has 0 atom stereocenters. The van der Waals surface area contributed by atoms with E-state index in [1.54, 1.807) is 12.1 Å². The molecule has 1 aliphatic heterocycles. The number of rotatable bonds is 3. The van der Waals surface area contributed by atoms with Gasteiger partial charge in [-0.3, -0.25) is 0 Å². The zero-order chi connectivity index (χ0) is 15.9. The molecule has 0 spiro atoms. The number of fused-ring (bicyclic) bond motifs is 1. The Morgan fingerprint density at radius 3 is 2.41 bits per heavy atom. The van der Waals surface area contributed by atoms with Crippen molar-refractivity contribution >= 4 is 17.3 Å². The van der Waals surface area contributed by atoms with Crippen LogP contribution in [-0.2, 0) is 5.41 Å². The van der Waals surface area contributed by atoms with Gasteiger partial charge < -0.3 is 14.7 Å². The highest BCUT2D eigenvalue weighted by atomic mass is 16.5. The SMILES string of the molecule is CN(c1ccc(C(=O)O)cc1)c1ccc2c(c1)C(C)(C)CO2. The number of anilines is 2. The predicted molar refractivity (Wildman–Crippen MR) is 86.4 cm³/mol. The van der Waals surface area contributed by atoms with Crippen molar-refractivity contribution in [2.24, 2.45) is 0 Å². The second-order valence-corrected chi connectivity index (χ2v) is 6.26. The number of hydrogen-bond acceptors (Lipinski definition) is 3. The fourth-order valence-electron chi connectivity index (χ4n) is 2.69. The van der Waals surface area contributed by atoms with E-state index in [0.29, 0.717) is 12.2 Å². The van der Waals surface area contributed by atoms with Gasteiger partial charge in [-0.25, -0.2) is 4.79 Å². The fourth-order valence-corrected chi connectivity index (χ4v) is 2.69. The molecule has 0 radical (unpaired) electrons. The van der Waals surface area contributed by atoms with Gasteiger partial charge in [-0.05, 0) is 42.5 Å². The van der Waals surface area contributed by atoms with E-state index in [4.69, 9.17) is 9.84 Å². The van der Waals surface area contributed by atoms with Crippen molar-refractivity contribution in [3.63, 3.8) is 0 Å².